The van der Waals surface area contributed by atoms with Crippen molar-refractivity contribution in [2.45, 2.75) is 58.9 Å². The second-order valence-electron chi connectivity index (χ2n) is 7.79. The molecule has 0 bridgehead atoms. The molecule has 3 heterocycles. The van der Waals surface area contributed by atoms with Gasteiger partial charge in [0.2, 0.25) is 0 Å². The van der Waals surface area contributed by atoms with E-state index >= 15 is 0 Å². The predicted octanol–water partition coefficient (Wildman–Crippen LogP) is 1.73. The maximum absolute atomic E-state index is 5.64. The summed E-state index contributed by atoms with van der Waals surface area (Å²) in [4.78, 5) is 0. The first-order valence-corrected chi connectivity index (χ1v) is 10.0. The molecule has 24 heavy (non-hydrogen) atoms. The second-order valence-corrected chi connectivity index (χ2v) is 7.79. The summed E-state index contributed by atoms with van der Waals surface area (Å²) >= 11 is 0. The molecule has 0 aromatic rings. The quantitative estimate of drug-likeness (QED) is 0.626. The fraction of sp³-hybridized carbons (Fsp3) is 1.00. The second kappa shape index (κ2) is 11.4. The van der Waals surface area contributed by atoms with Gasteiger partial charge in [-0.25, -0.2) is 0 Å². The zero-order chi connectivity index (χ0) is 17.9. The molecule has 0 aromatic heterocycles. The van der Waals surface area contributed by atoms with Crippen LogP contribution < -0.4 is 21.7 Å². The Morgan fingerprint density at radius 2 is 1.75 bits per heavy atom. The molecule has 0 aliphatic carbocycles. The van der Waals surface area contributed by atoms with Crippen LogP contribution in [0.2, 0.25) is 0 Å². The number of hydrogen-bond donors (Lipinski definition) is 4. The highest BCUT2D eigenvalue weighted by molar-refractivity contribution is 4.97. The molecule has 0 aromatic carbocycles. The summed E-state index contributed by atoms with van der Waals surface area (Å²) in [6.07, 6.45) is 5.08. The molecule has 3 aliphatic rings. The molecule has 0 amide bonds. The molecule has 0 saturated carbocycles. The summed E-state index contributed by atoms with van der Waals surface area (Å²) in [7, 11) is 0. The number of nitrogens with one attached hydrogen (secondary N) is 3. The Labute approximate surface area is 149 Å². The molecular weight excluding hydrogens is 300 g/mol. The van der Waals surface area contributed by atoms with Crippen LogP contribution in [0.3, 0.4) is 0 Å². The standard InChI is InChI=1S/C10H22N2.C7H14N2O.C2H6/c1-9(2)7-10(3-5-11)4-6-12-8-10;1-2-8-4-7(9-3-1)5-10-6-7;1-2/h9,12H,3-8,11H2,1-2H3;8-9H,1-6H2;1-2H3. The topological polar surface area (TPSA) is 71.3 Å². The van der Waals surface area contributed by atoms with E-state index < -0.39 is 0 Å². The van der Waals surface area contributed by atoms with Crippen LogP contribution in [0.15, 0.2) is 0 Å². The molecule has 3 aliphatic heterocycles. The molecule has 0 radical (unpaired) electrons. The van der Waals surface area contributed by atoms with Crippen LogP contribution in [0.25, 0.3) is 0 Å². The number of nitrogens with two attached hydrogens (primary N) is 1. The lowest BCUT2D eigenvalue weighted by Gasteiger charge is -2.41. The molecule has 1 spiro atoms. The maximum Gasteiger partial charge on any atom is 0.0779 e. The normalized spacial score (nSPS) is 28.2. The Bertz CT molecular complexity index is 302. The van der Waals surface area contributed by atoms with E-state index in [2.05, 4.69) is 29.8 Å². The third-order valence-electron chi connectivity index (χ3n) is 5.10. The SMILES string of the molecule is C1CNCC2(COC2)NC1.CC.CC(C)CC1(CCN)CCNC1. The largest absolute Gasteiger partial charge is 0.377 e. The molecule has 1 unspecified atom stereocenters. The zero-order valence-corrected chi connectivity index (χ0v) is 16.5. The molecule has 3 fully saturated rings. The summed E-state index contributed by atoms with van der Waals surface area (Å²) in [6.45, 7) is 17.0. The smallest absolute Gasteiger partial charge is 0.0779 e. The third kappa shape index (κ3) is 6.96. The van der Waals surface area contributed by atoms with Gasteiger partial charge in [0.05, 0.1) is 18.8 Å². The van der Waals surface area contributed by atoms with E-state index in [0.29, 0.717) is 11.0 Å². The van der Waals surface area contributed by atoms with Gasteiger partial charge in [-0.3, -0.25) is 0 Å². The third-order valence-corrected chi connectivity index (χ3v) is 5.10. The summed E-state index contributed by atoms with van der Waals surface area (Å²) in [5.41, 5.74) is 6.47. The average Bonchev–Trinajstić information content (AvgIpc) is 2.83. The molecule has 1 atom stereocenters. The van der Waals surface area contributed by atoms with E-state index in [4.69, 9.17) is 10.5 Å². The average molecular weight is 343 g/mol. The Morgan fingerprint density at radius 3 is 2.25 bits per heavy atom. The van der Waals surface area contributed by atoms with Crippen LogP contribution >= 0.6 is 0 Å². The van der Waals surface area contributed by atoms with Crippen LogP contribution in [0, 0.1) is 11.3 Å². The minimum absolute atomic E-state index is 0.302. The van der Waals surface area contributed by atoms with Crippen molar-refractivity contribution in [2.24, 2.45) is 17.1 Å². The van der Waals surface area contributed by atoms with Crippen molar-refractivity contribution >= 4 is 0 Å². The lowest BCUT2D eigenvalue weighted by molar-refractivity contribution is -0.0695. The molecule has 144 valence electrons. The van der Waals surface area contributed by atoms with Gasteiger partial charge in [0.25, 0.3) is 0 Å². The fourth-order valence-electron chi connectivity index (χ4n) is 3.97. The summed E-state index contributed by atoms with van der Waals surface area (Å²) in [5, 5.41) is 10.4. The molecule has 5 heteroatoms. The molecular formula is C19H42N4O. The van der Waals surface area contributed by atoms with Gasteiger partial charge in [-0.1, -0.05) is 27.7 Å². The van der Waals surface area contributed by atoms with Crippen molar-refractivity contribution < 1.29 is 4.74 Å². The Hall–Kier alpha value is -0.200. The van der Waals surface area contributed by atoms with Gasteiger partial charge in [0.1, 0.15) is 0 Å². The van der Waals surface area contributed by atoms with Crippen LogP contribution in [-0.2, 0) is 4.74 Å². The van der Waals surface area contributed by atoms with E-state index in [1.807, 2.05) is 13.8 Å². The number of rotatable bonds is 4. The van der Waals surface area contributed by atoms with E-state index in [1.54, 1.807) is 0 Å². The van der Waals surface area contributed by atoms with E-state index in [0.717, 1.165) is 45.3 Å². The van der Waals surface area contributed by atoms with Crippen LogP contribution in [0.4, 0.5) is 0 Å². The highest BCUT2D eigenvalue weighted by atomic mass is 16.5. The zero-order valence-electron chi connectivity index (χ0n) is 16.5. The first-order valence-electron chi connectivity index (χ1n) is 10.0. The Balaban J connectivity index is 0.000000220. The van der Waals surface area contributed by atoms with Gasteiger partial charge >= 0.3 is 0 Å². The molecule has 3 saturated heterocycles. The highest BCUT2D eigenvalue weighted by Gasteiger charge is 2.38. The predicted molar refractivity (Wildman–Crippen MR) is 103 cm³/mol. The van der Waals surface area contributed by atoms with Gasteiger partial charge in [0.15, 0.2) is 0 Å². The van der Waals surface area contributed by atoms with Crippen molar-refractivity contribution in [2.75, 3.05) is 52.5 Å². The fourth-order valence-corrected chi connectivity index (χ4v) is 3.97. The lowest BCUT2D eigenvalue weighted by Crippen LogP contribution is -2.64. The van der Waals surface area contributed by atoms with E-state index in [9.17, 15) is 0 Å². The molecule has 3 rings (SSSR count). The minimum Gasteiger partial charge on any atom is -0.377 e. The monoisotopic (exact) mass is 342 g/mol. The van der Waals surface area contributed by atoms with Crippen molar-refractivity contribution in [3.63, 3.8) is 0 Å². The summed E-state index contributed by atoms with van der Waals surface area (Å²) in [5.74, 6) is 0.802. The lowest BCUT2D eigenvalue weighted by atomic mass is 9.77. The van der Waals surface area contributed by atoms with E-state index in [-0.39, 0.29) is 0 Å². The van der Waals surface area contributed by atoms with Gasteiger partial charge in [-0.05, 0) is 63.2 Å². The van der Waals surface area contributed by atoms with Crippen LogP contribution in [0.1, 0.15) is 53.4 Å². The maximum atomic E-state index is 5.64. The first kappa shape index (κ1) is 21.8. The highest BCUT2D eigenvalue weighted by Crippen LogP contribution is 2.35. The minimum atomic E-state index is 0.302. The van der Waals surface area contributed by atoms with Crippen LogP contribution in [0.5, 0.6) is 0 Å². The van der Waals surface area contributed by atoms with Gasteiger partial charge in [-0.15, -0.1) is 0 Å². The Morgan fingerprint density at radius 1 is 1.04 bits per heavy atom. The van der Waals surface area contributed by atoms with Crippen molar-refractivity contribution in [1.82, 2.24) is 16.0 Å². The number of hydrogen-bond acceptors (Lipinski definition) is 5. The summed E-state index contributed by atoms with van der Waals surface area (Å²) < 4.78 is 5.17. The summed E-state index contributed by atoms with van der Waals surface area (Å²) in [6, 6.07) is 0. The first-order chi connectivity index (χ1) is 11.6. The Kier molecular flexibility index (Phi) is 10.4. The number of ether oxygens (including phenoxy) is 1. The van der Waals surface area contributed by atoms with Gasteiger partial charge in [-0.2, -0.15) is 0 Å². The van der Waals surface area contributed by atoms with Gasteiger partial charge < -0.3 is 26.4 Å². The van der Waals surface area contributed by atoms with Crippen molar-refractivity contribution in [3.05, 3.63) is 0 Å². The van der Waals surface area contributed by atoms with Crippen LogP contribution in [-0.4, -0.2) is 58.0 Å². The van der Waals surface area contributed by atoms with E-state index in [1.165, 1.54) is 38.8 Å². The van der Waals surface area contributed by atoms with Crippen molar-refractivity contribution in [3.8, 4) is 0 Å². The van der Waals surface area contributed by atoms with Gasteiger partial charge in [0, 0.05) is 13.1 Å². The molecule has 5 N–H and O–H groups in total. The van der Waals surface area contributed by atoms with Crippen molar-refractivity contribution in [1.29, 1.82) is 0 Å². The molecule has 5 nitrogen and oxygen atoms in total.